The van der Waals surface area contributed by atoms with Crippen molar-refractivity contribution in [3.8, 4) is 0 Å². The zero-order valence-corrected chi connectivity index (χ0v) is 3.52. The lowest BCUT2D eigenvalue weighted by Gasteiger charge is -1.60. The van der Waals surface area contributed by atoms with Crippen LogP contribution in [0.1, 0.15) is 2.74 Å². The van der Waals surface area contributed by atoms with Crippen molar-refractivity contribution in [2.45, 2.75) is 0 Å². The highest BCUT2D eigenvalue weighted by molar-refractivity contribution is 5.05. The molecule has 0 fully saturated rings. The van der Waals surface area contributed by atoms with Crippen LogP contribution in [0.3, 0.4) is 0 Å². The van der Waals surface area contributed by atoms with Crippen LogP contribution in [0.25, 0.3) is 0 Å². The predicted molar refractivity (Wildman–Crippen MR) is 29.5 cm³/mol. The molecule has 0 saturated carbocycles. The first-order valence-corrected chi connectivity index (χ1v) is 1.70. The van der Waals surface area contributed by atoms with Crippen LogP contribution in [0, 0.1) is 0 Å². The third kappa shape index (κ3) is 3.22. The normalized spacial score (nSPS) is 12.7. The molecular weight excluding hydrogens is 72.1 g/mol. The van der Waals surface area contributed by atoms with Crippen LogP contribution in [-0.2, 0) is 0 Å². The minimum Gasteiger partial charge on any atom is -0.0991 e. The number of rotatable bonds is 2. The number of allylic oxidation sites excluding steroid dienone is 4. The fourth-order valence-electron chi connectivity index (χ4n) is 0.134. The Kier molecular flexibility index (Phi) is 1.69. The van der Waals surface area contributed by atoms with Crippen molar-refractivity contribution in [1.82, 2.24) is 0 Å². The van der Waals surface area contributed by atoms with Gasteiger partial charge in [-0.25, -0.2) is 0 Å². The third-order valence-electron chi connectivity index (χ3n) is 0.343. The Morgan fingerprint density at radius 3 is 2.50 bits per heavy atom. The number of hydrogen-bond donors (Lipinski definition) is 0. The van der Waals surface area contributed by atoms with E-state index in [2.05, 4.69) is 6.58 Å². The Balaban J connectivity index is 3.57. The summed E-state index contributed by atoms with van der Waals surface area (Å²) in [7, 11) is 0. The van der Waals surface area contributed by atoms with E-state index in [1.54, 1.807) is 18.2 Å². The number of hydrogen-bond acceptors (Lipinski definition) is 0. The van der Waals surface area contributed by atoms with E-state index in [1.165, 1.54) is 6.08 Å². The molecule has 0 rings (SSSR count). The van der Waals surface area contributed by atoms with E-state index < -0.39 is 0 Å². The van der Waals surface area contributed by atoms with Gasteiger partial charge < -0.3 is 0 Å². The second kappa shape index (κ2) is 4.22. The standard InChI is InChI=1S/C6H8/c1-3-5-6-4-2/h3-6H,1-2H2/b6-5-/i1D2. The summed E-state index contributed by atoms with van der Waals surface area (Å²) in [4.78, 5) is 0. The van der Waals surface area contributed by atoms with Gasteiger partial charge in [-0.05, 0) is 0 Å². The highest BCUT2D eigenvalue weighted by Crippen LogP contribution is 1.69. The highest BCUT2D eigenvalue weighted by Gasteiger charge is 1.47. The van der Waals surface area contributed by atoms with Crippen LogP contribution >= 0.6 is 0 Å². The van der Waals surface area contributed by atoms with Crippen LogP contribution < -0.4 is 0 Å². The summed E-state index contributed by atoms with van der Waals surface area (Å²) < 4.78 is 13.2. The van der Waals surface area contributed by atoms with Gasteiger partial charge in [-0.1, -0.05) is 37.4 Å². The van der Waals surface area contributed by atoms with Crippen molar-refractivity contribution in [3.05, 3.63) is 37.4 Å². The summed E-state index contributed by atoms with van der Waals surface area (Å²) in [6, 6.07) is 0. The predicted octanol–water partition coefficient (Wildman–Crippen LogP) is 1.91. The van der Waals surface area contributed by atoms with Gasteiger partial charge in [0, 0.05) is 0 Å². The van der Waals surface area contributed by atoms with E-state index >= 15 is 0 Å². The maximum Gasteiger partial charge on any atom is 0.0538 e. The zero-order valence-electron chi connectivity index (χ0n) is 5.52. The fourth-order valence-corrected chi connectivity index (χ4v) is 0.134. The van der Waals surface area contributed by atoms with Gasteiger partial charge in [-0.15, -0.1) is 0 Å². The first-order valence-electron chi connectivity index (χ1n) is 2.70. The Hall–Kier alpha value is -0.780. The summed E-state index contributed by atoms with van der Waals surface area (Å²) in [6.07, 6.45) is 6.24. The first-order chi connectivity index (χ1) is 3.77. The van der Waals surface area contributed by atoms with Gasteiger partial charge in [0.05, 0.1) is 2.74 Å². The summed E-state index contributed by atoms with van der Waals surface area (Å²) in [5.41, 5.74) is 0. The average molecular weight is 82.1 g/mol. The molecule has 0 aliphatic heterocycles. The summed E-state index contributed by atoms with van der Waals surface area (Å²) in [5, 5.41) is 0. The molecule has 0 N–H and O–H groups in total. The summed E-state index contributed by atoms with van der Waals surface area (Å²) in [6.45, 7) is 3.23. The maximum atomic E-state index is 6.60. The molecule has 32 valence electrons. The Labute approximate surface area is 41.3 Å². The van der Waals surface area contributed by atoms with Crippen LogP contribution in [0.2, 0.25) is 0 Å². The van der Waals surface area contributed by atoms with Gasteiger partial charge in [0.25, 0.3) is 0 Å². The molecule has 0 saturated heterocycles. The van der Waals surface area contributed by atoms with E-state index in [0.29, 0.717) is 0 Å². The molecule has 0 nitrogen and oxygen atoms in total. The van der Waals surface area contributed by atoms with Crippen LogP contribution in [0.4, 0.5) is 0 Å². The van der Waals surface area contributed by atoms with Crippen molar-refractivity contribution >= 4 is 0 Å². The van der Waals surface area contributed by atoms with Crippen molar-refractivity contribution in [2.75, 3.05) is 0 Å². The molecule has 0 aromatic heterocycles. The molecule has 0 atom stereocenters. The van der Waals surface area contributed by atoms with Crippen LogP contribution in [-0.4, -0.2) is 0 Å². The molecule has 0 unspecified atom stereocenters. The maximum absolute atomic E-state index is 6.60. The quantitative estimate of drug-likeness (QED) is 0.446. The van der Waals surface area contributed by atoms with Crippen molar-refractivity contribution in [3.63, 3.8) is 0 Å². The van der Waals surface area contributed by atoms with Crippen LogP contribution in [0.5, 0.6) is 0 Å². The second-order valence-corrected chi connectivity index (χ2v) is 0.787. The van der Waals surface area contributed by atoms with Crippen LogP contribution in [0.15, 0.2) is 37.4 Å². The van der Waals surface area contributed by atoms with E-state index in [0.717, 1.165) is 0 Å². The largest absolute Gasteiger partial charge is 0.0991 e. The lowest BCUT2D eigenvalue weighted by Crippen LogP contribution is -1.38. The lowest BCUT2D eigenvalue weighted by atomic mass is 10.5. The van der Waals surface area contributed by atoms with E-state index in [1.807, 2.05) is 0 Å². The summed E-state index contributed by atoms with van der Waals surface area (Å²) >= 11 is 0. The molecule has 0 heteroatoms. The third-order valence-corrected chi connectivity index (χ3v) is 0.343. The Morgan fingerprint density at radius 2 is 2.00 bits per heavy atom. The smallest absolute Gasteiger partial charge is 0.0538 e. The van der Waals surface area contributed by atoms with Gasteiger partial charge in [0.1, 0.15) is 0 Å². The second-order valence-electron chi connectivity index (χ2n) is 0.787. The van der Waals surface area contributed by atoms with Crippen molar-refractivity contribution in [2.24, 2.45) is 0 Å². The van der Waals surface area contributed by atoms with Gasteiger partial charge >= 0.3 is 0 Å². The van der Waals surface area contributed by atoms with E-state index in [9.17, 15) is 0 Å². The van der Waals surface area contributed by atoms with Crippen molar-refractivity contribution < 1.29 is 2.74 Å². The molecule has 0 radical (unpaired) electrons. The molecular formula is C6H8. The molecule has 0 spiro atoms. The van der Waals surface area contributed by atoms with Gasteiger partial charge in [0.2, 0.25) is 0 Å². The molecule has 0 aromatic rings. The fraction of sp³-hybridized carbons (Fsp3) is 0. The molecule has 6 heavy (non-hydrogen) atoms. The minimum atomic E-state index is -0.192. The Bertz CT molecular complexity index is 118. The average Bonchev–Trinajstić information content (AvgIpc) is 1.66. The van der Waals surface area contributed by atoms with Gasteiger partial charge in [-0.3, -0.25) is 0 Å². The monoisotopic (exact) mass is 82.1 g/mol. The molecule has 0 aliphatic carbocycles. The molecule has 0 aromatic carbocycles. The topological polar surface area (TPSA) is 0 Å². The van der Waals surface area contributed by atoms with Gasteiger partial charge in [0.15, 0.2) is 0 Å². The van der Waals surface area contributed by atoms with E-state index in [4.69, 9.17) is 2.74 Å². The van der Waals surface area contributed by atoms with Crippen molar-refractivity contribution in [1.29, 1.82) is 0 Å². The van der Waals surface area contributed by atoms with E-state index in [-0.39, 0.29) is 6.53 Å². The molecule has 0 aliphatic rings. The SMILES string of the molecule is [2H]C([2H])=C/C=C\C=C. The molecule has 0 bridgehead atoms. The minimum absolute atomic E-state index is 0.192. The first kappa shape index (κ1) is 2.40. The lowest BCUT2D eigenvalue weighted by molar-refractivity contribution is 1.98. The molecule has 0 amide bonds. The zero-order chi connectivity index (χ0) is 6.41. The van der Waals surface area contributed by atoms with Gasteiger partial charge in [-0.2, -0.15) is 0 Å². The summed E-state index contributed by atoms with van der Waals surface area (Å²) in [5.74, 6) is 0. The Morgan fingerprint density at radius 1 is 1.33 bits per heavy atom. The highest BCUT2D eigenvalue weighted by atomic mass is 13.5. The molecule has 0 heterocycles.